The molecule has 16 heavy (non-hydrogen) atoms. The largest absolute Gasteiger partial charge is 0.394 e. The Labute approximate surface area is 91.2 Å². The van der Waals surface area contributed by atoms with Gasteiger partial charge in [0.15, 0.2) is 0 Å². The van der Waals surface area contributed by atoms with Crippen molar-refractivity contribution in [3.63, 3.8) is 0 Å². The predicted octanol–water partition coefficient (Wildman–Crippen LogP) is -1.24. The lowest BCUT2D eigenvalue weighted by Crippen LogP contribution is -2.31. The summed E-state index contributed by atoms with van der Waals surface area (Å²) in [6.07, 6.45) is 1.34. The molecule has 88 valence electrons. The van der Waals surface area contributed by atoms with Crippen molar-refractivity contribution in [2.24, 2.45) is 5.92 Å². The van der Waals surface area contributed by atoms with Crippen LogP contribution in [-0.2, 0) is 0 Å². The van der Waals surface area contributed by atoms with Gasteiger partial charge in [0.05, 0.1) is 12.7 Å². The minimum Gasteiger partial charge on any atom is -0.394 e. The molecule has 0 spiro atoms. The van der Waals surface area contributed by atoms with Gasteiger partial charge in [-0.2, -0.15) is 0 Å². The van der Waals surface area contributed by atoms with Crippen LogP contribution in [0, 0.1) is 12.8 Å². The van der Waals surface area contributed by atoms with Crippen LogP contribution >= 0.6 is 0 Å². The Hall–Kier alpha value is -1.40. The summed E-state index contributed by atoms with van der Waals surface area (Å²) in [5.41, 5.74) is -0.391. The van der Waals surface area contributed by atoms with Gasteiger partial charge in [-0.25, -0.2) is 4.79 Å². The van der Waals surface area contributed by atoms with E-state index in [1.54, 1.807) is 6.92 Å². The van der Waals surface area contributed by atoms with E-state index in [0.29, 0.717) is 12.0 Å². The lowest BCUT2D eigenvalue weighted by Gasteiger charge is -2.08. The number of H-pyrrole nitrogens is 1. The van der Waals surface area contributed by atoms with Gasteiger partial charge in [-0.05, 0) is 13.3 Å². The van der Waals surface area contributed by atoms with Crippen LogP contribution < -0.4 is 11.2 Å². The Morgan fingerprint density at radius 3 is 2.94 bits per heavy atom. The molecule has 1 saturated carbocycles. The standard InChI is InChI=1S/C10H14N2O4/c1-5-3-12(10(16)11-9(5)15)7-2-6(7)8(14)4-13/h3,6-8,13-14H,2,4H2,1H3,(H,11,15,16). The van der Waals surface area contributed by atoms with Gasteiger partial charge in [-0.1, -0.05) is 0 Å². The molecule has 6 nitrogen and oxygen atoms in total. The first-order valence-corrected chi connectivity index (χ1v) is 5.15. The number of aliphatic hydroxyl groups is 2. The van der Waals surface area contributed by atoms with E-state index < -0.39 is 11.8 Å². The fraction of sp³-hybridized carbons (Fsp3) is 0.600. The molecule has 3 N–H and O–H groups in total. The van der Waals surface area contributed by atoms with E-state index in [4.69, 9.17) is 5.11 Å². The fourth-order valence-corrected chi connectivity index (χ4v) is 1.90. The first-order valence-electron chi connectivity index (χ1n) is 5.15. The van der Waals surface area contributed by atoms with Gasteiger partial charge in [0.2, 0.25) is 0 Å². The van der Waals surface area contributed by atoms with E-state index in [-0.39, 0.29) is 24.1 Å². The number of hydrogen-bond acceptors (Lipinski definition) is 4. The first-order chi connectivity index (χ1) is 7.54. The highest BCUT2D eigenvalue weighted by atomic mass is 16.3. The van der Waals surface area contributed by atoms with Gasteiger partial charge < -0.3 is 10.2 Å². The highest BCUT2D eigenvalue weighted by Crippen LogP contribution is 2.44. The molecule has 0 aromatic carbocycles. The molecule has 1 aromatic rings. The maximum atomic E-state index is 11.5. The molecule has 0 radical (unpaired) electrons. The highest BCUT2D eigenvalue weighted by Gasteiger charge is 2.44. The number of hydrogen-bond donors (Lipinski definition) is 3. The van der Waals surface area contributed by atoms with Crippen molar-refractivity contribution in [3.8, 4) is 0 Å². The average molecular weight is 226 g/mol. The van der Waals surface area contributed by atoms with E-state index in [0.717, 1.165) is 0 Å². The quantitative estimate of drug-likeness (QED) is 0.600. The molecule has 1 aliphatic carbocycles. The lowest BCUT2D eigenvalue weighted by molar-refractivity contribution is 0.0739. The second-order valence-corrected chi connectivity index (χ2v) is 4.20. The smallest absolute Gasteiger partial charge is 0.328 e. The van der Waals surface area contributed by atoms with Crippen LogP contribution in [0.2, 0.25) is 0 Å². The van der Waals surface area contributed by atoms with Gasteiger partial charge in [0.1, 0.15) is 0 Å². The Morgan fingerprint density at radius 2 is 2.31 bits per heavy atom. The number of nitrogens with one attached hydrogen (secondary N) is 1. The summed E-state index contributed by atoms with van der Waals surface area (Å²) in [6, 6.07) is -0.120. The van der Waals surface area contributed by atoms with Crippen molar-refractivity contribution in [2.75, 3.05) is 6.61 Å². The van der Waals surface area contributed by atoms with E-state index in [1.807, 2.05) is 0 Å². The molecule has 3 atom stereocenters. The van der Waals surface area contributed by atoms with E-state index in [2.05, 4.69) is 4.98 Å². The Kier molecular flexibility index (Phi) is 2.69. The van der Waals surface area contributed by atoms with Gasteiger partial charge in [-0.15, -0.1) is 0 Å². The van der Waals surface area contributed by atoms with Crippen molar-refractivity contribution < 1.29 is 10.2 Å². The maximum Gasteiger partial charge on any atom is 0.328 e. The summed E-state index contributed by atoms with van der Waals surface area (Å²) in [7, 11) is 0. The second-order valence-electron chi connectivity index (χ2n) is 4.20. The van der Waals surface area contributed by atoms with Crippen LogP contribution in [0.15, 0.2) is 15.8 Å². The summed E-state index contributed by atoms with van der Waals surface area (Å²) in [5, 5.41) is 18.2. The summed E-state index contributed by atoms with van der Waals surface area (Å²) < 4.78 is 1.42. The second kappa shape index (κ2) is 3.88. The molecule has 1 heterocycles. The molecule has 0 saturated heterocycles. The third kappa shape index (κ3) is 1.81. The Balaban J connectivity index is 2.28. The van der Waals surface area contributed by atoms with Crippen molar-refractivity contribution in [1.82, 2.24) is 9.55 Å². The molecule has 0 aliphatic heterocycles. The first kappa shape index (κ1) is 11.1. The third-order valence-electron chi connectivity index (χ3n) is 2.99. The lowest BCUT2D eigenvalue weighted by atomic mass is 10.2. The zero-order valence-corrected chi connectivity index (χ0v) is 8.88. The Morgan fingerprint density at radius 1 is 1.62 bits per heavy atom. The number of aliphatic hydroxyl groups excluding tert-OH is 2. The van der Waals surface area contributed by atoms with E-state index >= 15 is 0 Å². The molecule has 0 amide bonds. The van der Waals surface area contributed by atoms with Crippen LogP contribution in [0.1, 0.15) is 18.0 Å². The number of aryl methyl sites for hydroxylation is 1. The molecule has 2 rings (SSSR count). The highest BCUT2D eigenvalue weighted by molar-refractivity contribution is 5.06. The molecular formula is C10H14N2O4. The van der Waals surface area contributed by atoms with Crippen LogP contribution in [0.25, 0.3) is 0 Å². The molecule has 1 fully saturated rings. The van der Waals surface area contributed by atoms with Crippen molar-refractivity contribution in [3.05, 3.63) is 32.6 Å². The number of rotatable bonds is 3. The predicted molar refractivity (Wildman–Crippen MR) is 56.3 cm³/mol. The molecule has 1 aliphatic rings. The minimum absolute atomic E-state index is 0.104. The topological polar surface area (TPSA) is 95.3 Å². The zero-order chi connectivity index (χ0) is 11.9. The van der Waals surface area contributed by atoms with Gasteiger partial charge >= 0.3 is 5.69 Å². The number of aromatic amines is 1. The summed E-state index contributed by atoms with van der Waals surface area (Å²) in [5.74, 6) is -0.104. The van der Waals surface area contributed by atoms with Crippen molar-refractivity contribution in [1.29, 1.82) is 0 Å². The van der Waals surface area contributed by atoms with Crippen molar-refractivity contribution in [2.45, 2.75) is 25.5 Å². The van der Waals surface area contributed by atoms with Crippen molar-refractivity contribution >= 4 is 0 Å². The fourth-order valence-electron chi connectivity index (χ4n) is 1.90. The summed E-state index contributed by atoms with van der Waals surface area (Å²) in [4.78, 5) is 24.9. The molecular weight excluding hydrogens is 212 g/mol. The molecule has 1 aromatic heterocycles. The van der Waals surface area contributed by atoms with Gasteiger partial charge in [0, 0.05) is 23.7 Å². The minimum atomic E-state index is -0.802. The number of aromatic nitrogens is 2. The average Bonchev–Trinajstić information content (AvgIpc) is 3.02. The normalized spacial score (nSPS) is 25.4. The SMILES string of the molecule is Cc1cn(C2CC2C(O)CO)c(=O)[nH]c1=O. The molecule has 3 unspecified atom stereocenters. The van der Waals surface area contributed by atoms with E-state index in [1.165, 1.54) is 10.8 Å². The third-order valence-corrected chi connectivity index (χ3v) is 2.99. The van der Waals surface area contributed by atoms with Crippen LogP contribution in [0.4, 0.5) is 0 Å². The molecule has 6 heteroatoms. The molecule has 0 bridgehead atoms. The zero-order valence-electron chi connectivity index (χ0n) is 8.88. The van der Waals surface area contributed by atoms with Crippen LogP contribution in [0.5, 0.6) is 0 Å². The Bertz CT molecular complexity index is 504. The van der Waals surface area contributed by atoms with E-state index in [9.17, 15) is 14.7 Å². The maximum absolute atomic E-state index is 11.5. The number of nitrogens with zero attached hydrogens (tertiary/aromatic N) is 1. The monoisotopic (exact) mass is 226 g/mol. The summed E-state index contributed by atoms with van der Waals surface area (Å²) in [6.45, 7) is 1.31. The van der Waals surface area contributed by atoms with Gasteiger partial charge in [-0.3, -0.25) is 14.3 Å². The van der Waals surface area contributed by atoms with Crippen LogP contribution in [0.3, 0.4) is 0 Å². The van der Waals surface area contributed by atoms with Gasteiger partial charge in [0.25, 0.3) is 5.56 Å². The summed E-state index contributed by atoms with van der Waals surface area (Å²) >= 11 is 0. The van der Waals surface area contributed by atoms with Crippen LogP contribution in [-0.4, -0.2) is 32.5 Å².